The van der Waals surface area contributed by atoms with Gasteiger partial charge in [-0.2, -0.15) is 0 Å². The molecule has 0 N–H and O–H groups in total. The Kier molecular flexibility index (Phi) is 4.34. The van der Waals surface area contributed by atoms with Crippen LogP contribution in [0.4, 0.5) is 0 Å². The molecule has 0 radical (unpaired) electrons. The number of benzene rings is 3. The smallest absolute Gasteiger partial charge is 0.182 e. The lowest BCUT2D eigenvalue weighted by atomic mass is 9.76. The average molecular weight is 397 g/mol. The highest BCUT2D eigenvalue weighted by molar-refractivity contribution is 6.33. The molecule has 0 aliphatic rings. The SMILES string of the molecule is Clc1ncnc2ncn(C(c3ccccc3)(c3ccccc3)c3ccccc3)c12. The van der Waals surface area contributed by atoms with E-state index in [0.29, 0.717) is 16.3 Å². The fourth-order valence-electron chi connectivity index (χ4n) is 4.03. The molecule has 0 fully saturated rings. The normalized spacial score (nSPS) is 11.6. The van der Waals surface area contributed by atoms with Crippen LogP contribution in [0.25, 0.3) is 11.2 Å². The van der Waals surface area contributed by atoms with Crippen molar-refractivity contribution in [2.24, 2.45) is 0 Å². The van der Waals surface area contributed by atoms with Crippen LogP contribution in [-0.4, -0.2) is 19.5 Å². The van der Waals surface area contributed by atoms with Crippen LogP contribution in [0, 0.1) is 0 Å². The molecule has 5 rings (SSSR count). The molecule has 2 heterocycles. The Hall–Kier alpha value is -3.50. The predicted octanol–water partition coefficient (Wildman–Crippen LogP) is 5.32. The Morgan fingerprint density at radius 1 is 0.621 bits per heavy atom. The number of halogens is 1. The van der Waals surface area contributed by atoms with E-state index in [1.807, 2.05) is 54.6 Å². The van der Waals surface area contributed by atoms with Crippen LogP contribution in [-0.2, 0) is 5.54 Å². The van der Waals surface area contributed by atoms with E-state index in [1.54, 1.807) is 6.33 Å². The number of fused-ring (bicyclic) bond motifs is 1. The second-order valence-electron chi connectivity index (χ2n) is 6.76. The molecule has 5 heteroatoms. The first-order valence-corrected chi connectivity index (χ1v) is 9.70. The van der Waals surface area contributed by atoms with E-state index in [9.17, 15) is 0 Å². The molecular formula is C24H17ClN4. The molecule has 140 valence electrons. The van der Waals surface area contributed by atoms with Gasteiger partial charge in [0.15, 0.2) is 10.8 Å². The molecule has 4 nitrogen and oxygen atoms in total. The highest BCUT2D eigenvalue weighted by Gasteiger charge is 2.39. The number of imidazole rings is 1. The van der Waals surface area contributed by atoms with Crippen molar-refractivity contribution in [2.45, 2.75) is 5.54 Å². The van der Waals surface area contributed by atoms with Crippen LogP contribution in [0.3, 0.4) is 0 Å². The summed E-state index contributed by atoms with van der Waals surface area (Å²) in [7, 11) is 0. The highest BCUT2D eigenvalue weighted by atomic mass is 35.5. The molecule has 0 amide bonds. The van der Waals surface area contributed by atoms with Gasteiger partial charge < -0.3 is 4.57 Å². The maximum absolute atomic E-state index is 6.56. The molecular weight excluding hydrogens is 380 g/mol. The molecule has 2 aromatic heterocycles. The first-order chi connectivity index (χ1) is 14.3. The van der Waals surface area contributed by atoms with Crippen LogP contribution < -0.4 is 0 Å². The molecule has 0 saturated carbocycles. The topological polar surface area (TPSA) is 43.6 Å². The van der Waals surface area contributed by atoms with Gasteiger partial charge in [0, 0.05) is 0 Å². The lowest BCUT2D eigenvalue weighted by molar-refractivity contribution is 0.529. The van der Waals surface area contributed by atoms with E-state index < -0.39 is 5.54 Å². The minimum Gasteiger partial charge on any atom is -0.308 e. The van der Waals surface area contributed by atoms with Crippen LogP contribution in [0.1, 0.15) is 16.7 Å². The third kappa shape index (κ3) is 2.72. The molecule has 0 aliphatic carbocycles. The summed E-state index contributed by atoms with van der Waals surface area (Å²) in [5, 5.41) is 0.375. The summed E-state index contributed by atoms with van der Waals surface area (Å²) in [5.41, 5.74) is 3.86. The van der Waals surface area contributed by atoms with Gasteiger partial charge in [-0.1, -0.05) is 103 Å². The Bertz CT molecular complexity index is 1150. The maximum Gasteiger partial charge on any atom is 0.182 e. The van der Waals surface area contributed by atoms with Crippen LogP contribution in [0.5, 0.6) is 0 Å². The van der Waals surface area contributed by atoms with Gasteiger partial charge in [0.1, 0.15) is 17.4 Å². The van der Waals surface area contributed by atoms with Crippen molar-refractivity contribution in [3.8, 4) is 0 Å². The molecule has 0 aliphatic heterocycles. The number of rotatable bonds is 4. The Morgan fingerprint density at radius 3 is 1.59 bits per heavy atom. The van der Waals surface area contributed by atoms with Crippen molar-refractivity contribution in [3.05, 3.63) is 125 Å². The Balaban J connectivity index is 1.99. The second-order valence-corrected chi connectivity index (χ2v) is 7.12. The van der Waals surface area contributed by atoms with Crippen molar-refractivity contribution in [2.75, 3.05) is 0 Å². The largest absolute Gasteiger partial charge is 0.308 e. The molecule has 29 heavy (non-hydrogen) atoms. The summed E-state index contributed by atoms with van der Waals surface area (Å²) in [6.07, 6.45) is 3.25. The highest BCUT2D eigenvalue weighted by Crippen LogP contribution is 2.42. The van der Waals surface area contributed by atoms with Gasteiger partial charge in [0.05, 0.1) is 6.33 Å². The van der Waals surface area contributed by atoms with E-state index in [4.69, 9.17) is 11.6 Å². The average Bonchev–Trinajstić information content (AvgIpc) is 3.23. The van der Waals surface area contributed by atoms with Crippen molar-refractivity contribution in [1.82, 2.24) is 19.5 Å². The fourth-order valence-corrected chi connectivity index (χ4v) is 4.25. The minimum absolute atomic E-state index is 0.375. The first-order valence-electron chi connectivity index (χ1n) is 9.32. The quantitative estimate of drug-likeness (QED) is 0.305. The zero-order valence-corrected chi connectivity index (χ0v) is 16.2. The lowest BCUT2D eigenvalue weighted by Crippen LogP contribution is -2.37. The standard InChI is InChI=1S/C24H17ClN4/c25-22-21-23(27-16-26-22)28-17-29(21)24(18-10-4-1-5-11-18,19-12-6-2-7-13-19)20-14-8-3-9-15-20/h1-17H. The third-order valence-electron chi connectivity index (χ3n) is 5.23. The van der Waals surface area contributed by atoms with Crippen molar-refractivity contribution >= 4 is 22.8 Å². The summed E-state index contributed by atoms with van der Waals surface area (Å²) < 4.78 is 2.09. The van der Waals surface area contributed by atoms with Gasteiger partial charge in [0.2, 0.25) is 0 Å². The lowest BCUT2D eigenvalue weighted by Gasteiger charge is -2.37. The summed E-state index contributed by atoms with van der Waals surface area (Å²) >= 11 is 6.56. The van der Waals surface area contributed by atoms with Crippen molar-refractivity contribution in [1.29, 1.82) is 0 Å². The van der Waals surface area contributed by atoms with E-state index in [1.165, 1.54) is 6.33 Å². The number of hydrogen-bond acceptors (Lipinski definition) is 3. The van der Waals surface area contributed by atoms with Gasteiger partial charge >= 0.3 is 0 Å². The van der Waals surface area contributed by atoms with E-state index in [2.05, 4.69) is 55.9 Å². The zero-order valence-electron chi connectivity index (χ0n) is 15.5. The summed E-state index contributed by atoms with van der Waals surface area (Å²) in [6.45, 7) is 0. The second kappa shape index (κ2) is 7.15. The van der Waals surface area contributed by atoms with Crippen LogP contribution in [0.2, 0.25) is 5.15 Å². The Labute approximate surface area is 173 Å². The number of aromatic nitrogens is 4. The van der Waals surface area contributed by atoms with Crippen LogP contribution >= 0.6 is 11.6 Å². The molecule has 0 unspecified atom stereocenters. The van der Waals surface area contributed by atoms with E-state index in [0.717, 1.165) is 16.7 Å². The molecule has 0 saturated heterocycles. The molecule has 5 aromatic rings. The Morgan fingerprint density at radius 2 is 1.10 bits per heavy atom. The van der Waals surface area contributed by atoms with Crippen LogP contribution in [0.15, 0.2) is 104 Å². The fraction of sp³-hybridized carbons (Fsp3) is 0.0417. The minimum atomic E-state index is -0.688. The van der Waals surface area contributed by atoms with Crippen molar-refractivity contribution < 1.29 is 0 Å². The van der Waals surface area contributed by atoms with Gasteiger partial charge in [-0.15, -0.1) is 0 Å². The molecule has 0 bridgehead atoms. The monoisotopic (exact) mass is 396 g/mol. The summed E-state index contributed by atoms with van der Waals surface area (Å²) in [4.78, 5) is 13.1. The molecule has 0 atom stereocenters. The summed E-state index contributed by atoms with van der Waals surface area (Å²) in [6, 6.07) is 31.1. The zero-order chi connectivity index (χ0) is 19.7. The van der Waals surface area contributed by atoms with Crippen molar-refractivity contribution in [3.63, 3.8) is 0 Å². The van der Waals surface area contributed by atoms with Gasteiger partial charge in [-0.05, 0) is 16.7 Å². The van der Waals surface area contributed by atoms with Gasteiger partial charge in [-0.25, -0.2) is 15.0 Å². The molecule has 3 aromatic carbocycles. The number of hydrogen-bond donors (Lipinski definition) is 0. The first kappa shape index (κ1) is 17.6. The van der Waals surface area contributed by atoms with Gasteiger partial charge in [0.25, 0.3) is 0 Å². The number of nitrogens with zero attached hydrogens (tertiary/aromatic N) is 4. The third-order valence-corrected chi connectivity index (χ3v) is 5.51. The molecule has 0 spiro atoms. The predicted molar refractivity (Wildman–Crippen MR) is 115 cm³/mol. The summed E-state index contributed by atoms with van der Waals surface area (Å²) in [5.74, 6) is 0. The van der Waals surface area contributed by atoms with Gasteiger partial charge in [-0.3, -0.25) is 0 Å². The van der Waals surface area contributed by atoms with E-state index >= 15 is 0 Å². The maximum atomic E-state index is 6.56. The van der Waals surface area contributed by atoms with E-state index in [-0.39, 0.29) is 0 Å².